The second-order valence-electron chi connectivity index (χ2n) is 3.09. The maximum absolute atomic E-state index is 9.21. The van der Waals surface area contributed by atoms with E-state index in [4.69, 9.17) is 0 Å². The molecule has 9 heavy (non-hydrogen) atoms. The Hall–Kier alpha value is -0.0400. The van der Waals surface area contributed by atoms with Crippen LogP contribution in [0.2, 0.25) is 0 Å². The van der Waals surface area contributed by atoms with E-state index in [-0.39, 0.29) is 6.10 Å². The molecule has 1 N–H and O–H groups in total. The molecule has 1 heteroatoms. The van der Waals surface area contributed by atoms with Crippen LogP contribution in [0, 0.1) is 5.92 Å². The van der Waals surface area contributed by atoms with Crippen LogP contribution in [-0.4, -0.2) is 11.2 Å². The lowest BCUT2D eigenvalue weighted by Crippen LogP contribution is -2.18. The normalized spacial score (nSPS) is 36.7. The Balaban J connectivity index is 2.23. The first-order valence-corrected chi connectivity index (χ1v) is 4.01. The highest BCUT2D eigenvalue weighted by Gasteiger charge is 2.17. The van der Waals surface area contributed by atoms with Gasteiger partial charge in [-0.3, -0.25) is 0 Å². The molecule has 0 unspecified atom stereocenters. The predicted molar refractivity (Wildman–Crippen MR) is 38.3 cm³/mol. The topological polar surface area (TPSA) is 20.2 Å². The van der Waals surface area contributed by atoms with E-state index in [0.29, 0.717) is 0 Å². The van der Waals surface area contributed by atoms with Crippen LogP contribution in [0.3, 0.4) is 0 Å². The zero-order valence-electron chi connectivity index (χ0n) is 6.14. The van der Waals surface area contributed by atoms with Crippen molar-refractivity contribution in [3.05, 3.63) is 0 Å². The summed E-state index contributed by atoms with van der Waals surface area (Å²) in [6.45, 7) is 2.21. The fourth-order valence-electron chi connectivity index (χ4n) is 1.63. The quantitative estimate of drug-likeness (QED) is 0.572. The highest BCUT2D eigenvalue weighted by atomic mass is 16.3. The minimum Gasteiger partial charge on any atom is -0.393 e. The molecule has 0 aromatic carbocycles. The summed E-state index contributed by atoms with van der Waals surface area (Å²) in [5, 5.41) is 9.21. The first-order chi connectivity index (χ1) is 4.33. The third-order valence-corrected chi connectivity index (χ3v) is 2.33. The minimum absolute atomic E-state index is 0.0173. The van der Waals surface area contributed by atoms with E-state index >= 15 is 0 Å². The largest absolute Gasteiger partial charge is 0.393 e. The molecule has 0 amide bonds. The molecule has 0 saturated heterocycles. The van der Waals surface area contributed by atoms with Gasteiger partial charge < -0.3 is 5.11 Å². The lowest BCUT2D eigenvalue weighted by atomic mass is 9.86. The molecule has 1 aliphatic rings. The molecule has 0 heterocycles. The van der Waals surface area contributed by atoms with Gasteiger partial charge in [0.05, 0.1) is 6.10 Å². The van der Waals surface area contributed by atoms with Gasteiger partial charge in [0.25, 0.3) is 0 Å². The van der Waals surface area contributed by atoms with Crippen molar-refractivity contribution >= 4 is 0 Å². The van der Waals surface area contributed by atoms with Crippen molar-refractivity contribution in [2.75, 3.05) is 0 Å². The van der Waals surface area contributed by atoms with Crippen molar-refractivity contribution in [1.29, 1.82) is 0 Å². The number of rotatable bonds is 1. The van der Waals surface area contributed by atoms with Crippen molar-refractivity contribution in [1.82, 2.24) is 0 Å². The Labute approximate surface area is 57.1 Å². The van der Waals surface area contributed by atoms with Crippen molar-refractivity contribution in [3.8, 4) is 0 Å². The van der Waals surface area contributed by atoms with Gasteiger partial charge in [-0.25, -0.2) is 0 Å². The summed E-state index contributed by atoms with van der Waals surface area (Å²) in [5.41, 5.74) is 0. The lowest BCUT2D eigenvalue weighted by Gasteiger charge is -2.24. The molecule has 0 aliphatic heterocycles. The fourth-order valence-corrected chi connectivity index (χ4v) is 1.63. The fraction of sp³-hybridized carbons (Fsp3) is 1.00. The van der Waals surface area contributed by atoms with Crippen LogP contribution in [-0.2, 0) is 0 Å². The SMILES string of the molecule is CC[C@@H]1CCC[C@H](O)C1. The molecule has 1 saturated carbocycles. The summed E-state index contributed by atoms with van der Waals surface area (Å²) in [7, 11) is 0. The summed E-state index contributed by atoms with van der Waals surface area (Å²) < 4.78 is 0. The number of hydrogen-bond acceptors (Lipinski definition) is 1. The van der Waals surface area contributed by atoms with Crippen molar-refractivity contribution < 1.29 is 5.11 Å². The summed E-state index contributed by atoms with van der Waals surface area (Å²) in [6, 6.07) is 0. The van der Waals surface area contributed by atoms with Crippen LogP contribution < -0.4 is 0 Å². The van der Waals surface area contributed by atoms with Gasteiger partial charge in [0.1, 0.15) is 0 Å². The van der Waals surface area contributed by atoms with Crippen LogP contribution in [0.4, 0.5) is 0 Å². The van der Waals surface area contributed by atoms with Gasteiger partial charge in [0, 0.05) is 0 Å². The summed E-state index contributed by atoms with van der Waals surface area (Å²) in [5.74, 6) is 0.814. The number of aliphatic hydroxyl groups is 1. The molecule has 0 aromatic rings. The Bertz CT molecular complexity index is 80.6. The third-order valence-electron chi connectivity index (χ3n) is 2.33. The number of hydrogen-bond donors (Lipinski definition) is 1. The monoisotopic (exact) mass is 128 g/mol. The van der Waals surface area contributed by atoms with E-state index in [2.05, 4.69) is 6.92 Å². The van der Waals surface area contributed by atoms with E-state index in [1.807, 2.05) is 0 Å². The Kier molecular flexibility index (Phi) is 2.52. The van der Waals surface area contributed by atoms with Gasteiger partial charge >= 0.3 is 0 Å². The molecule has 1 nitrogen and oxygen atoms in total. The van der Waals surface area contributed by atoms with Gasteiger partial charge in [-0.05, 0) is 18.8 Å². The molecule has 1 fully saturated rings. The van der Waals surface area contributed by atoms with E-state index in [9.17, 15) is 5.11 Å². The molecular formula is C8H16O. The van der Waals surface area contributed by atoms with Crippen LogP contribution in [0.15, 0.2) is 0 Å². The number of aliphatic hydroxyl groups excluding tert-OH is 1. The van der Waals surface area contributed by atoms with Crippen molar-refractivity contribution in [2.24, 2.45) is 5.92 Å². The Morgan fingerprint density at radius 2 is 2.22 bits per heavy atom. The van der Waals surface area contributed by atoms with Crippen LogP contribution in [0.25, 0.3) is 0 Å². The van der Waals surface area contributed by atoms with Gasteiger partial charge in [-0.15, -0.1) is 0 Å². The molecule has 0 bridgehead atoms. The summed E-state index contributed by atoms with van der Waals surface area (Å²) in [6.07, 6.45) is 5.93. The zero-order valence-corrected chi connectivity index (χ0v) is 6.14. The highest BCUT2D eigenvalue weighted by molar-refractivity contribution is 4.70. The van der Waals surface area contributed by atoms with E-state index in [1.54, 1.807) is 0 Å². The van der Waals surface area contributed by atoms with Crippen LogP contribution in [0.5, 0.6) is 0 Å². The average Bonchev–Trinajstić information content (AvgIpc) is 1.88. The molecule has 54 valence electrons. The molecule has 2 atom stereocenters. The molecule has 0 aromatic heterocycles. The Morgan fingerprint density at radius 3 is 2.67 bits per heavy atom. The predicted octanol–water partition coefficient (Wildman–Crippen LogP) is 1.95. The smallest absolute Gasteiger partial charge is 0.0542 e. The first-order valence-electron chi connectivity index (χ1n) is 4.01. The second kappa shape index (κ2) is 3.21. The Morgan fingerprint density at radius 1 is 1.44 bits per heavy atom. The maximum Gasteiger partial charge on any atom is 0.0542 e. The average molecular weight is 128 g/mol. The van der Waals surface area contributed by atoms with E-state index < -0.39 is 0 Å². The zero-order chi connectivity index (χ0) is 6.69. The minimum atomic E-state index is 0.0173. The highest BCUT2D eigenvalue weighted by Crippen LogP contribution is 2.25. The van der Waals surface area contributed by atoms with E-state index in [0.717, 1.165) is 18.8 Å². The summed E-state index contributed by atoms with van der Waals surface area (Å²) >= 11 is 0. The van der Waals surface area contributed by atoms with Crippen LogP contribution >= 0.6 is 0 Å². The summed E-state index contributed by atoms with van der Waals surface area (Å²) in [4.78, 5) is 0. The lowest BCUT2D eigenvalue weighted by molar-refractivity contribution is 0.0998. The van der Waals surface area contributed by atoms with Crippen molar-refractivity contribution in [3.63, 3.8) is 0 Å². The molecule has 0 radical (unpaired) electrons. The van der Waals surface area contributed by atoms with Gasteiger partial charge in [-0.1, -0.05) is 26.2 Å². The van der Waals surface area contributed by atoms with Gasteiger partial charge in [0.15, 0.2) is 0 Å². The molecule has 0 spiro atoms. The first kappa shape index (κ1) is 7.07. The molecular weight excluding hydrogens is 112 g/mol. The van der Waals surface area contributed by atoms with Gasteiger partial charge in [-0.2, -0.15) is 0 Å². The van der Waals surface area contributed by atoms with E-state index in [1.165, 1.54) is 19.3 Å². The molecule has 1 aliphatic carbocycles. The maximum atomic E-state index is 9.21. The standard InChI is InChI=1S/C8H16O/c1-2-7-4-3-5-8(9)6-7/h7-9H,2-6H2,1H3/t7-,8+/m1/s1. The third kappa shape index (κ3) is 1.98. The van der Waals surface area contributed by atoms with Crippen molar-refractivity contribution in [2.45, 2.75) is 45.1 Å². The van der Waals surface area contributed by atoms with Gasteiger partial charge in [0.2, 0.25) is 0 Å². The molecule has 1 rings (SSSR count). The van der Waals surface area contributed by atoms with Crippen LogP contribution in [0.1, 0.15) is 39.0 Å². The second-order valence-corrected chi connectivity index (χ2v) is 3.09.